The Balaban J connectivity index is 1.71. The van der Waals surface area contributed by atoms with Crippen molar-refractivity contribution in [3.63, 3.8) is 0 Å². The number of benzene rings is 2. The van der Waals surface area contributed by atoms with E-state index in [4.69, 9.17) is 16.3 Å². The minimum atomic E-state index is -0.551. The number of anilines is 1. The molecule has 8 nitrogen and oxygen atoms in total. The first-order valence-electron chi connectivity index (χ1n) is 10.2. The maximum Gasteiger partial charge on any atom is 0.294 e. The van der Waals surface area contributed by atoms with Gasteiger partial charge in [0.25, 0.3) is 5.69 Å². The quantitative estimate of drug-likeness (QED) is 0.469. The zero-order valence-electron chi connectivity index (χ0n) is 17.5. The van der Waals surface area contributed by atoms with Crippen LogP contribution in [-0.4, -0.2) is 66.1 Å². The van der Waals surface area contributed by atoms with Gasteiger partial charge in [0.05, 0.1) is 24.7 Å². The third-order valence-electron chi connectivity index (χ3n) is 5.26. The van der Waals surface area contributed by atoms with Crippen LogP contribution in [0.2, 0.25) is 5.02 Å². The number of carbonyl (C=O) groups excluding carboxylic acids is 1. The van der Waals surface area contributed by atoms with Crippen LogP contribution in [0.1, 0.15) is 12.5 Å². The molecule has 1 aliphatic heterocycles. The fourth-order valence-corrected chi connectivity index (χ4v) is 3.76. The van der Waals surface area contributed by atoms with Gasteiger partial charge in [0.15, 0.2) is 0 Å². The summed E-state index contributed by atoms with van der Waals surface area (Å²) in [5.74, 6) is -0.310. The van der Waals surface area contributed by atoms with Crippen LogP contribution in [0.15, 0.2) is 48.5 Å². The van der Waals surface area contributed by atoms with Crippen LogP contribution in [0.4, 0.5) is 11.4 Å². The fourth-order valence-electron chi connectivity index (χ4n) is 3.59. The van der Waals surface area contributed by atoms with Crippen LogP contribution >= 0.6 is 11.6 Å². The number of nitrogens with zero attached hydrogens (tertiary/aromatic N) is 3. The van der Waals surface area contributed by atoms with Gasteiger partial charge in [-0.3, -0.25) is 24.7 Å². The van der Waals surface area contributed by atoms with Crippen molar-refractivity contribution in [1.29, 1.82) is 0 Å². The van der Waals surface area contributed by atoms with E-state index in [9.17, 15) is 14.9 Å². The number of hydrogen-bond donors (Lipinski definition) is 1. The van der Waals surface area contributed by atoms with Gasteiger partial charge in [0, 0.05) is 43.3 Å². The van der Waals surface area contributed by atoms with Gasteiger partial charge < -0.3 is 10.1 Å². The summed E-state index contributed by atoms with van der Waals surface area (Å²) in [7, 11) is 0. The Morgan fingerprint density at radius 3 is 2.65 bits per heavy atom. The third-order valence-corrected chi connectivity index (χ3v) is 5.49. The summed E-state index contributed by atoms with van der Waals surface area (Å²) in [5, 5.41) is 14.2. The van der Waals surface area contributed by atoms with Crippen molar-refractivity contribution in [2.75, 3.05) is 44.7 Å². The van der Waals surface area contributed by atoms with Gasteiger partial charge in [0.2, 0.25) is 5.91 Å². The maximum atomic E-state index is 12.8. The van der Waals surface area contributed by atoms with Crippen LogP contribution in [0.3, 0.4) is 0 Å². The molecule has 0 aliphatic carbocycles. The second-order valence-corrected chi connectivity index (χ2v) is 8.06. The van der Waals surface area contributed by atoms with Crippen molar-refractivity contribution in [1.82, 2.24) is 9.80 Å². The number of nitrogens with one attached hydrogen (secondary N) is 1. The van der Waals surface area contributed by atoms with E-state index in [1.807, 2.05) is 30.3 Å². The van der Waals surface area contributed by atoms with Gasteiger partial charge in [-0.15, -0.1) is 0 Å². The molecule has 1 aliphatic rings. The Morgan fingerprint density at radius 2 is 1.97 bits per heavy atom. The Bertz CT molecular complexity index is 890. The largest absolute Gasteiger partial charge is 0.379 e. The van der Waals surface area contributed by atoms with E-state index in [1.165, 1.54) is 18.2 Å². The number of carbonyl (C=O) groups is 1. The normalized spacial score (nSPS) is 15.6. The minimum Gasteiger partial charge on any atom is -0.379 e. The molecule has 3 rings (SSSR count). The molecule has 2 aromatic rings. The van der Waals surface area contributed by atoms with Gasteiger partial charge in [-0.05, 0) is 24.6 Å². The summed E-state index contributed by atoms with van der Waals surface area (Å²) in [6.45, 7) is 6.78. The predicted molar refractivity (Wildman–Crippen MR) is 120 cm³/mol. The van der Waals surface area contributed by atoms with Crippen LogP contribution in [0.25, 0.3) is 0 Å². The topological polar surface area (TPSA) is 88.0 Å². The lowest BCUT2D eigenvalue weighted by molar-refractivity contribution is -0.383. The van der Waals surface area contributed by atoms with Crippen molar-refractivity contribution >= 4 is 28.9 Å². The number of ether oxygens (including phenoxy) is 1. The number of rotatable bonds is 9. The molecule has 1 N–H and O–H groups in total. The van der Waals surface area contributed by atoms with Crippen LogP contribution in [0, 0.1) is 10.1 Å². The van der Waals surface area contributed by atoms with Crippen molar-refractivity contribution in [2.45, 2.75) is 19.5 Å². The fraction of sp³-hybridized carbons (Fsp3) is 0.409. The summed E-state index contributed by atoms with van der Waals surface area (Å²) < 4.78 is 5.42. The van der Waals surface area contributed by atoms with E-state index >= 15 is 0 Å². The number of morpholine rings is 1. The Hall–Kier alpha value is -2.52. The van der Waals surface area contributed by atoms with Crippen molar-refractivity contribution < 1.29 is 14.5 Å². The van der Waals surface area contributed by atoms with Gasteiger partial charge in [-0.2, -0.15) is 0 Å². The molecule has 0 radical (unpaired) electrons. The van der Waals surface area contributed by atoms with E-state index < -0.39 is 4.92 Å². The number of hydrogen-bond acceptors (Lipinski definition) is 6. The highest BCUT2D eigenvalue weighted by Gasteiger charge is 2.23. The second-order valence-electron chi connectivity index (χ2n) is 7.62. The van der Waals surface area contributed by atoms with E-state index in [0.717, 1.165) is 25.2 Å². The molecular formula is C22H27ClN4O4. The highest BCUT2D eigenvalue weighted by atomic mass is 35.5. The summed E-state index contributed by atoms with van der Waals surface area (Å²) in [6.07, 6.45) is 0. The molecule has 1 saturated heterocycles. The minimum absolute atomic E-state index is 0.101. The molecule has 1 fully saturated rings. The summed E-state index contributed by atoms with van der Waals surface area (Å²) in [6, 6.07) is 14.3. The van der Waals surface area contributed by atoms with E-state index in [1.54, 1.807) is 0 Å². The molecule has 31 heavy (non-hydrogen) atoms. The second kappa shape index (κ2) is 11.2. The summed E-state index contributed by atoms with van der Waals surface area (Å²) in [5.41, 5.74) is 1.01. The monoisotopic (exact) mass is 446 g/mol. The van der Waals surface area contributed by atoms with E-state index in [-0.39, 0.29) is 34.9 Å². The molecule has 0 spiro atoms. The summed E-state index contributed by atoms with van der Waals surface area (Å²) in [4.78, 5) is 28.0. The van der Waals surface area contributed by atoms with E-state index in [0.29, 0.717) is 19.8 Å². The van der Waals surface area contributed by atoms with E-state index in [2.05, 4.69) is 22.0 Å². The van der Waals surface area contributed by atoms with Crippen molar-refractivity contribution in [2.24, 2.45) is 0 Å². The molecule has 1 amide bonds. The first-order chi connectivity index (χ1) is 14.9. The Morgan fingerprint density at radius 1 is 1.26 bits per heavy atom. The molecule has 0 saturated carbocycles. The zero-order chi connectivity index (χ0) is 22.2. The number of nitro benzene ring substituents is 1. The molecule has 1 heterocycles. The van der Waals surface area contributed by atoms with Gasteiger partial charge >= 0.3 is 0 Å². The smallest absolute Gasteiger partial charge is 0.294 e. The molecule has 9 heteroatoms. The molecule has 0 bridgehead atoms. The molecule has 1 atom stereocenters. The Labute approximate surface area is 186 Å². The summed E-state index contributed by atoms with van der Waals surface area (Å²) >= 11 is 5.87. The lowest BCUT2D eigenvalue weighted by Crippen LogP contribution is -2.47. The van der Waals surface area contributed by atoms with Gasteiger partial charge in [-0.25, -0.2) is 0 Å². The van der Waals surface area contributed by atoms with Crippen molar-refractivity contribution in [3.8, 4) is 0 Å². The highest BCUT2D eigenvalue weighted by Crippen LogP contribution is 2.27. The average molecular weight is 447 g/mol. The zero-order valence-corrected chi connectivity index (χ0v) is 18.3. The third kappa shape index (κ3) is 7.00. The predicted octanol–water partition coefficient (Wildman–Crippen LogP) is 3.41. The molecule has 1 unspecified atom stereocenters. The van der Waals surface area contributed by atoms with Crippen LogP contribution in [-0.2, 0) is 16.1 Å². The number of halogens is 1. The first-order valence-corrected chi connectivity index (χ1v) is 10.6. The van der Waals surface area contributed by atoms with Crippen LogP contribution < -0.4 is 5.32 Å². The van der Waals surface area contributed by atoms with Crippen LogP contribution in [0.5, 0.6) is 0 Å². The standard InChI is InChI=1S/C22H27ClN4O4/c1-17(14-25-9-11-31-12-10-25)26(15-18-5-3-2-4-6-18)16-22(28)24-20-8-7-19(23)13-21(20)27(29)30/h2-8,13,17H,9-12,14-16H2,1H3,(H,24,28). The maximum absolute atomic E-state index is 12.8. The SMILES string of the molecule is CC(CN1CCOCC1)N(CC(=O)Nc1ccc(Cl)cc1[N+](=O)[O-])Cc1ccccc1. The lowest BCUT2D eigenvalue weighted by Gasteiger charge is -2.34. The first kappa shape index (κ1) is 23.1. The molecule has 166 valence electrons. The number of nitro groups is 1. The van der Waals surface area contributed by atoms with Gasteiger partial charge in [-0.1, -0.05) is 41.9 Å². The average Bonchev–Trinajstić information content (AvgIpc) is 2.76. The molecular weight excluding hydrogens is 420 g/mol. The highest BCUT2D eigenvalue weighted by molar-refractivity contribution is 6.31. The van der Waals surface area contributed by atoms with Gasteiger partial charge in [0.1, 0.15) is 5.69 Å². The molecule has 2 aromatic carbocycles. The lowest BCUT2D eigenvalue weighted by atomic mass is 10.1. The molecule has 0 aromatic heterocycles. The van der Waals surface area contributed by atoms with Crippen molar-refractivity contribution in [3.05, 3.63) is 69.2 Å². The Kier molecular flexibility index (Phi) is 8.36. The number of amides is 1.